The largest absolute Gasteiger partial charge is 0.284 e. The maximum absolute atomic E-state index is 13.5. The van der Waals surface area contributed by atoms with Gasteiger partial charge in [0.2, 0.25) is 20.0 Å². The third kappa shape index (κ3) is 6.81. The Hall–Kier alpha value is -1.97. The first-order valence-electron chi connectivity index (χ1n) is 7.54. The number of para-hydroxylation sites is 1. The van der Waals surface area contributed by atoms with E-state index in [4.69, 9.17) is 0 Å². The summed E-state index contributed by atoms with van der Waals surface area (Å²) in [5, 5.41) is 0. The third-order valence-corrected chi connectivity index (χ3v) is 6.01. The van der Waals surface area contributed by atoms with Crippen LogP contribution in [-0.4, -0.2) is 34.9 Å². The van der Waals surface area contributed by atoms with Gasteiger partial charge in [0, 0.05) is 12.2 Å². The van der Waals surface area contributed by atoms with Crippen LogP contribution in [0.25, 0.3) is 0 Å². The van der Waals surface area contributed by atoms with Crippen LogP contribution < -0.4 is 9.44 Å². The number of benzene rings is 2. The summed E-state index contributed by atoms with van der Waals surface area (Å²) < 4.78 is 65.7. The predicted molar refractivity (Wildman–Crippen MR) is 95.7 cm³/mol. The van der Waals surface area contributed by atoms with Gasteiger partial charge < -0.3 is 0 Å². The molecule has 0 saturated carbocycles. The van der Waals surface area contributed by atoms with Crippen LogP contribution >= 0.6 is 0 Å². The van der Waals surface area contributed by atoms with E-state index in [0.717, 1.165) is 0 Å². The highest BCUT2D eigenvalue weighted by Crippen LogP contribution is 2.09. The molecule has 0 aromatic heterocycles. The lowest BCUT2D eigenvalue weighted by molar-refractivity contribution is 0.579. The second-order valence-corrected chi connectivity index (χ2v) is 9.11. The number of nitrogens with one attached hydrogen (secondary N) is 2. The first-order valence-corrected chi connectivity index (χ1v) is 10.8. The van der Waals surface area contributed by atoms with E-state index in [0.29, 0.717) is 11.3 Å². The summed E-state index contributed by atoms with van der Waals surface area (Å²) in [7, 11) is -7.37. The van der Waals surface area contributed by atoms with Crippen molar-refractivity contribution in [2.45, 2.75) is 6.42 Å². The van der Waals surface area contributed by atoms with E-state index in [2.05, 4.69) is 9.44 Å². The van der Waals surface area contributed by atoms with Gasteiger partial charge in [-0.25, -0.2) is 25.9 Å². The topological polar surface area (TPSA) is 92.3 Å². The molecule has 0 radical (unpaired) electrons. The van der Waals surface area contributed by atoms with Crippen molar-refractivity contribution in [1.29, 1.82) is 0 Å². The van der Waals surface area contributed by atoms with Crippen molar-refractivity contribution >= 4 is 25.7 Å². The van der Waals surface area contributed by atoms with Crippen LogP contribution in [0.2, 0.25) is 0 Å². The van der Waals surface area contributed by atoms with Gasteiger partial charge in [0.15, 0.2) is 0 Å². The van der Waals surface area contributed by atoms with Crippen LogP contribution in [0.15, 0.2) is 54.6 Å². The first-order chi connectivity index (χ1) is 11.8. The molecule has 0 unspecified atom stereocenters. The van der Waals surface area contributed by atoms with Gasteiger partial charge in [-0.15, -0.1) is 0 Å². The number of rotatable bonds is 9. The molecular formula is C16H19FN2O4S2. The molecule has 2 aromatic rings. The molecule has 0 aliphatic carbocycles. The lowest BCUT2D eigenvalue weighted by atomic mass is 10.2. The van der Waals surface area contributed by atoms with E-state index in [1.807, 2.05) is 0 Å². The quantitative estimate of drug-likeness (QED) is 0.686. The lowest BCUT2D eigenvalue weighted by Gasteiger charge is -2.09. The molecule has 9 heteroatoms. The summed E-state index contributed by atoms with van der Waals surface area (Å²) in [6, 6.07) is 14.2. The van der Waals surface area contributed by atoms with Gasteiger partial charge in [-0.05, 0) is 30.2 Å². The van der Waals surface area contributed by atoms with Gasteiger partial charge in [-0.2, -0.15) is 0 Å². The van der Waals surface area contributed by atoms with Crippen LogP contribution in [0.1, 0.15) is 5.56 Å². The summed E-state index contributed by atoms with van der Waals surface area (Å²) in [6.45, 7) is -0.262. The number of anilines is 1. The molecule has 0 spiro atoms. The van der Waals surface area contributed by atoms with Crippen molar-refractivity contribution in [3.63, 3.8) is 0 Å². The summed E-state index contributed by atoms with van der Waals surface area (Å²) in [5.41, 5.74) is 0.705. The molecular weight excluding hydrogens is 367 g/mol. The summed E-state index contributed by atoms with van der Waals surface area (Å²) in [5.74, 6) is -1.19. The number of hydrogen-bond acceptors (Lipinski definition) is 4. The molecule has 2 aromatic carbocycles. The predicted octanol–water partition coefficient (Wildman–Crippen LogP) is 1.73. The van der Waals surface area contributed by atoms with Crippen molar-refractivity contribution in [1.82, 2.24) is 4.72 Å². The van der Waals surface area contributed by atoms with Crippen molar-refractivity contribution in [2.24, 2.45) is 0 Å². The molecule has 2 rings (SSSR count). The summed E-state index contributed by atoms with van der Waals surface area (Å²) in [6.07, 6.45) is 0.0109. The van der Waals surface area contributed by atoms with Gasteiger partial charge in [0.1, 0.15) is 5.82 Å². The number of sulfonamides is 2. The highest BCUT2D eigenvalue weighted by molar-refractivity contribution is 7.92. The zero-order chi connectivity index (χ0) is 18.3. The Morgan fingerprint density at radius 3 is 2.12 bits per heavy atom. The second kappa shape index (κ2) is 8.41. The van der Waals surface area contributed by atoms with Crippen molar-refractivity contribution in [2.75, 3.05) is 22.8 Å². The smallest absolute Gasteiger partial charge is 0.234 e. The van der Waals surface area contributed by atoms with Crippen molar-refractivity contribution < 1.29 is 21.2 Å². The minimum Gasteiger partial charge on any atom is -0.284 e. The number of hydrogen-bond donors (Lipinski definition) is 2. The minimum absolute atomic E-state index is 0.0109. The van der Waals surface area contributed by atoms with Crippen LogP contribution in [0.4, 0.5) is 10.1 Å². The first kappa shape index (κ1) is 19.4. The molecule has 0 atom stereocenters. The van der Waals surface area contributed by atoms with Gasteiger partial charge in [0.25, 0.3) is 0 Å². The maximum atomic E-state index is 13.5. The second-order valence-electron chi connectivity index (χ2n) is 5.34. The van der Waals surface area contributed by atoms with E-state index >= 15 is 0 Å². The Bertz CT molecular complexity index is 901. The van der Waals surface area contributed by atoms with E-state index < -0.39 is 31.6 Å². The Balaban J connectivity index is 1.82. The van der Waals surface area contributed by atoms with Gasteiger partial charge in [0.05, 0.1) is 11.5 Å². The lowest BCUT2D eigenvalue weighted by Crippen LogP contribution is -2.33. The molecule has 0 aliphatic heterocycles. The standard InChI is InChI=1S/C16H19FN2O4S2/c17-16-9-5-4-6-14(16)10-12-24(20,21)18-11-13-25(22,23)19-15-7-2-1-3-8-15/h1-9,18-19H,10-13H2. The van der Waals surface area contributed by atoms with Crippen LogP contribution in [0.3, 0.4) is 0 Å². The van der Waals surface area contributed by atoms with E-state index in [-0.39, 0.29) is 18.7 Å². The Kier molecular flexibility index (Phi) is 6.51. The van der Waals surface area contributed by atoms with Crippen LogP contribution in [0.5, 0.6) is 0 Å². The fourth-order valence-electron chi connectivity index (χ4n) is 2.09. The molecule has 0 heterocycles. The van der Waals surface area contributed by atoms with Crippen molar-refractivity contribution in [3.8, 4) is 0 Å². The summed E-state index contributed by atoms with van der Waals surface area (Å²) >= 11 is 0. The maximum Gasteiger partial charge on any atom is 0.234 e. The zero-order valence-corrected chi connectivity index (χ0v) is 15.0. The van der Waals surface area contributed by atoms with E-state index in [1.54, 1.807) is 36.4 Å². The molecule has 2 N–H and O–H groups in total. The molecule has 6 nitrogen and oxygen atoms in total. The van der Waals surface area contributed by atoms with Crippen LogP contribution in [0, 0.1) is 5.82 Å². The Labute approximate surface area is 147 Å². The van der Waals surface area contributed by atoms with Gasteiger partial charge in [-0.3, -0.25) is 4.72 Å². The normalized spacial score (nSPS) is 12.0. The molecule has 0 saturated heterocycles. The monoisotopic (exact) mass is 386 g/mol. The third-order valence-electron chi connectivity index (χ3n) is 3.34. The highest BCUT2D eigenvalue weighted by Gasteiger charge is 2.15. The SMILES string of the molecule is O=S(=O)(CCc1ccccc1F)NCCS(=O)(=O)Nc1ccccc1. The fourth-order valence-corrected chi connectivity index (χ4v) is 4.23. The molecule has 0 fully saturated rings. The average Bonchev–Trinajstić information content (AvgIpc) is 2.54. The minimum atomic E-state index is -3.70. The number of halogens is 1. The molecule has 0 aliphatic rings. The zero-order valence-electron chi connectivity index (χ0n) is 13.4. The Morgan fingerprint density at radius 2 is 1.44 bits per heavy atom. The van der Waals surface area contributed by atoms with Crippen molar-refractivity contribution in [3.05, 3.63) is 66.0 Å². The van der Waals surface area contributed by atoms with Gasteiger partial charge >= 0.3 is 0 Å². The average molecular weight is 386 g/mol. The molecule has 0 amide bonds. The summed E-state index contributed by atoms with van der Waals surface area (Å²) in [4.78, 5) is 0. The van der Waals surface area contributed by atoms with E-state index in [1.165, 1.54) is 18.2 Å². The highest BCUT2D eigenvalue weighted by atomic mass is 32.2. The van der Waals surface area contributed by atoms with Crippen LogP contribution in [-0.2, 0) is 26.5 Å². The Morgan fingerprint density at radius 1 is 0.800 bits per heavy atom. The van der Waals surface area contributed by atoms with E-state index in [9.17, 15) is 21.2 Å². The fraction of sp³-hybridized carbons (Fsp3) is 0.250. The molecule has 0 bridgehead atoms. The van der Waals surface area contributed by atoms with Gasteiger partial charge in [-0.1, -0.05) is 36.4 Å². The number of aryl methyl sites for hydroxylation is 1. The molecule has 25 heavy (non-hydrogen) atoms. The molecule has 136 valence electrons.